The number of nitrogens with one attached hydrogen (secondary N) is 1. The molecule has 0 amide bonds. The zero-order valence-corrected chi connectivity index (χ0v) is 16.9. The summed E-state index contributed by atoms with van der Waals surface area (Å²) < 4.78 is 36.7. The molecule has 0 aliphatic rings. The van der Waals surface area contributed by atoms with Crippen LogP contribution in [0, 0.1) is 5.82 Å². The molecule has 3 aromatic rings. The highest BCUT2D eigenvalue weighted by Crippen LogP contribution is 2.25. The highest BCUT2D eigenvalue weighted by molar-refractivity contribution is 7.98. The fraction of sp³-hybridized carbons (Fsp3) is 0.105. The summed E-state index contributed by atoms with van der Waals surface area (Å²) in [5.41, 5.74) is 2.50. The highest BCUT2D eigenvalue weighted by atomic mass is 32.2. The van der Waals surface area contributed by atoms with E-state index in [0.29, 0.717) is 40.5 Å². The summed E-state index contributed by atoms with van der Waals surface area (Å²) in [6.45, 7) is 0.414. The van der Waals surface area contributed by atoms with Crippen molar-refractivity contribution < 1.29 is 17.6 Å². The molecule has 7 nitrogen and oxygen atoms in total. The molecule has 0 bridgehead atoms. The zero-order chi connectivity index (χ0) is 21.0. The molecular weight excluding hydrogens is 415 g/mol. The van der Waals surface area contributed by atoms with Crippen LogP contribution in [0.1, 0.15) is 15.9 Å². The Labute approximate surface area is 171 Å². The highest BCUT2D eigenvalue weighted by Gasteiger charge is 2.15. The van der Waals surface area contributed by atoms with E-state index in [-0.39, 0.29) is 0 Å². The number of primary sulfonamides is 1. The van der Waals surface area contributed by atoms with Gasteiger partial charge in [-0.15, -0.1) is 0 Å². The number of anilines is 1. The first-order valence-electron chi connectivity index (χ1n) is 8.33. The molecule has 0 spiro atoms. The van der Waals surface area contributed by atoms with E-state index < -0.39 is 20.7 Å². The molecule has 1 heterocycles. The monoisotopic (exact) mass is 432 g/mol. The van der Waals surface area contributed by atoms with E-state index in [1.54, 1.807) is 12.1 Å². The second-order valence-corrected chi connectivity index (χ2v) is 8.32. The molecule has 1 aromatic heterocycles. The molecular formula is C19H17FN4O3S2. The van der Waals surface area contributed by atoms with Crippen LogP contribution in [0.5, 0.6) is 0 Å². The Hall–Kier alpha value is -2.82. The van der Waals surface area contributed by atoms with Gasteiger partial charge >= 0.3 is 0 Å². The number of sulfonamides is 1. The van der Waals surface area contributed by atoms with Gasteiger partial charge in [-0.2, -0.15) is 0 Å². The first-order valence-corrected chi connectivity index (χ1v) is 11.1. The lowest BCUT2D eigenvalue weighted by molar-refractivity contribution is 0.112. The van der Waals surface area contributed by atoms with Crippen LogP contribution in [0.2, 0.25) is 0 Å². The fourth-order valence-corrected chi connectivity index (χ4v) is 3.57. The minimum atomic E-state index is -4.15. The second kappa shape index (κ2) is 8.68. The summed E-state index contributed by atoms with van der Waals surface area (Å²) in [7, 11) is -4.15. The van der Waals surface area contributed by atoms with E-state index in [1.165, 1.54) is 30.1 Å². The van der Waals surface area contributed by atoms with Gasteiger partial charge in [0.25, 0.3) is 0 Å². The van der Waals surface area contributed by atoms with Crippen molar-refractivity contribution in [3.63, 3.8) is 0 Å². The molecule has 0 saturated carbocycles. The molecule has 0 unspecified atom stereocenters. The molecule has 10 heteroatoms. The molecule has 0 atom stereocenters. The van der Waals surface area contributed by atoms with E-state index in [1.807, 2.05) is 18.4 Å². The van der Waals surface area contributed by atoms with E-state index in [9.17, 15) is 17.6 Å². The van der Waals surface area contributed by atoms with Crippen molar-refractivity contribution in [1.29, 1.82) is 0 Å². The molecule has 2 aromatic carbocycles. The summed E-state index contributed by atoms with van der Waals surface area (Å²) >= 11 is 1.37. The first kappa shape index (κ1) is 20.9. The maximum atomic E-state index is 13.7. The third-order valence-corrected chi connectivity index (χ3v) is 5.58. The first-order chi connectivity index (χ1) is 13.8. The van der Waals surface area contributed by atoms with Crippen molar-refractivity contribution in [1.82, 2.24) is 9.97 Å². The van der Waals surface area contributed by atoms with Crippen LogP contribution in [0.4, 0.5) is 10.2 Å². The summed E-state index contributed by atoms with van der Waals surface area (Å²) in [6.07, 6.45) is 4.00. The van der Waals surface area contributed by atoms with Gasteiger partial charge < -0.3 is 5.32 Å². The van der Waals surface area contributed by atoms with E-state index in [2.05, 4.69) is 15.3 Å². The van der Waals surface area contributed by atoms with Crippen molar-refractivity contribution in [3.8, 4) is 11.1 Å². The third-order valence-electron chi connectivity index (χ3n) is 4.09. The average Bonchev–Trinajstić information content (AvgIpc) is 2.72. The third kappa shape index (κ3) is 4.97. The summed E-state index contributed by atoms with van der Waals surface area (Å²) in [5, 5.41) is 8.72. The van der Waals surface area contributed by atoms with E-state index >= 15 is 0 Å². The summed E-state index contributed by atoms with van der Waals surface area (Å²) in [4.78, 5) is 19.0. The number of aldehydes is 1. The minimum Gasteiger partial charge on any atom is -0.365 e. The minimum absolute atomic E-state index is 0.362. The number of rotatable bonds is 7. The molecule has 29 heavy (non-hydrogen) atoms. The number of nitrogens with zero attached hydrogens (tertiary/aromatic N) is 2. The normalized spacial score (nSPS) is 11.3. The Morgan fingerprint density at radius 2 is 1.86 bits per heavy atom. The number of thioether (sulfide) groups is 1. The van der Waals surface area contributed by atoms with Gasteiger partial charge in [-0.3, -0.25) is 4.79 Å². The van der Waals surface area contributed by atoms with Crippen LogP contribution < -0.4 is 10.5 Å². The number of carbonyl (C=O) groups excluding carboxylic acids is 1. The largest absolute Gasteiger partial charge is 0.365 e. The predicted molar refractivity (Wildman–Crippen MR) is 110 cm³/mol. The quantitative estimate of drug-likeness (QED) is 0.335. The molecule has 3 rings (SSSR count). The van der Waals surface area contributed by atoms with Gasteiger partial charge in [0.05, 0.1) is 5.56 Å². The fourth-order valence-electron chi connectivity index (χ4n) is 2.60. The Morgan fingerprint density at radius 3 is 2.48 bits per heavy atom. The number of halogens is 1. The van der Waals surface area contributed by atoms with E-state index in [0.717, 1.165) is 11.6 Å². The predicted octanol–water partition coefficient (Wildman–Crippen LogP) is 3.08. The maximum absolute atomic E-state index is 13.7. The smallest absolute Gasteiger partial charge is 0.240 e. The molecule has 0 aliphatic carbocycles. The van der Waals surface area contributed by atoms with Crippen molar-refractivity contribution in [2.24, 2.45) is 5.14 Å². The molecule has 150 valence electrons. The Kier molecular flexibility index (Phi) is 6.26. The maximum Gasteiger partial charge on any atom is 0.240 e. The van der Waals surface area contributed by atoms with Crippen LogP contribution in [0.15, 0.2) is 58.7 Å². The van der Waals surface area contributed by atoms with Crippen LogP contribution in [0.25, 0.3) is 11.1 Å². The number of benzene rings is 2. The standard InChI is InChI=1S/C19H17FN4O3S2/c1-28-19-23-10-15(11-25)18(24-19)22-9-12-2-4-13(5-3-12)14-6-7-16(20)17(8-14)29(21,26)27/h2-8,10-11H,9H2,1H3,(H2,21,26,27)(H,22,23,24). The Balaban J connectivity index is 1.79. The topological polar surface area (TPSA) is 115 Å². The number of hydrogen-bond acceptors (Lipinski definition) is 7. The van der Waals surface area contributed by atoms with Gasteiger partial charge in [0.1, 0.15) is 16.5 Å². The number of hydrogen-bond donors (Lipinski definition) is 2. The zero-order valence-electron chi connectivity index (χ0n) is 15.3. The number of carbonyl (C=O) groups is 1. The van der Waals surface area contributed by atoms with Gasteiger partial charge in [0.15, 0.2) is 11.4 Å². The van der Waals surface area contributed by atoms with Crippen LogP contribution in [-0.4, -0.2) is 30.9 Å². The number of nitrogens with two attached hydrogens (primary N) is 1. The molecule has 3 N–H and O–H groups in total. The SMILES string of the molecule is CSc1ncc(C=O)c(NCc2ccc(-c3ccc(F)c(S(N)(=O)=O)c3)cc2)n1. The summed E-state index contributed by atoms with van der Waals surface area (Å²) in [5.74, 6) is -0.447. The Bertz CT molecular complexity index is 1150. The van der Waals surface area contributed by atoms with Gasteiger partial charge in [0.2, 0.25) is 10.0 Å². The summed E-state index contributed by atoms with van der Waals surface area (Å²) in [6, 6.07) is 11.0. The lowest BCUT2D eigenvalue weighted by Gasteiger charge is -2.10. The molecule has 0 aliphatic heterocycles. The van der Waals surface area contributed by atoms with Crippen molar-refractivity contribution >= 4 is 33.9 Å². The Morgan fingerprint density at radius 1 is 1.17 bits per heavy atom. The van der Waals surface area contributed by atoms with Gasteiger partial charge in [-0.05, 0) is 35.1 Å². The van der Waals surface area contributed by atoms with E-state index in [4.69, 9.17) is 5.14 Å². The van der Waals surface area contributed by atoms with Crippen molar-refractivity contribution in [3.05, 3.63) is 65.6 Å². The van der Waals surface area contributed by atoms with Crippen LogP contribution >= 0.6 is 11.8 Å². The lowest BCUT2D eigenvalue weighted by Crippen LogP contribution is -2.14. The van der Waals surface area contributed by atoms with Crippen LogP contribution in [0.3, 0.4) is 0 Å². The second-order valence-electron chi connectivity index (χ2n) is 6.02. The van der Waals surface area contributed by atoms with Gasteiger partial charge in [0, 0.05) is 12.7 Å². The van der Waals surface area contributed by atoms with Crippen LogP contribution in [-0.2, 0) is 16.6 Å². The van der Waals surface area contributed by atoms with Crippen molar-refractivity contribution in [2.75, 3.05) is 11.6 Å². The molecule has 0 fully saturated rings. The van der Waals surface area contributed by atoms with Crippen molar-refractivity contribution in [2.45, 2.75) is 16.6 Å². The van der Waals surface area contributed by atoms with Gasteiger partial charge in [-0.25, -0.2) is 27.9 Å². The lowest BCUT2D eigenvalue weighted by atomic mass is 10.0. The number of aromatic nitrogens is 2. The average molecular weight is 433 g/mol. The molecule has 0 saturated heterocycles. The van der Waals surface area contributed by atoms with Gasteiger partial charge in [-0.1, -0.05) is 42.1 Å². The molecule has 0 radical (unpaired) electrons.